The van der Waals surface area contributed by atoms with Crippen molar-refractivity contribution in [1.29, 1.82) is 5.26 Å². The van der Waals surface area contributed by atoms with Crippen LogP contribution in [0.3, 0.4) is 0 Å². The van der Waals surface area contributed by atoms with E-state index in [9.17, 15) is 10.1 Å². The second kappa shape index (κ2) is 8.11. The zero-order valence-electron chi connectivity index (χ0n) is 14.6. The summed E-state index contributed by atoms with van der Waals surface area (Å²) in [4.78, 5) is 12.9. The number of rotatable bonds is 4. The molecular formula is C21H17BrN2O3. The lowest BCUT2D eigenvalue weighted by atomic mass is 9.83. The zero-order valence-corrected chi connectivity index (χ0v) is 16.2. The fourth-order valence-electron chi connectivity index (χ4n) is 2.94. The monoisotopic (exact) mass is 424 g/mol. The highest BCUT2D eigenvalue weighted by atomic mass is 79.9. The summed E-state index contributed by atoms with van der Waals surface area (Å²) in [5.74, 6) is -0.843. The normalized spacial score (nSPS) is 16.6. The second-order valence-corrected chi connectivity index (χ2v) is 6.92. The number of carbonyl (C=O) groups excluding carboxylic acids is 1. The topological polar surface area (TPSA) is 85.3 Å². The number of carbonyl (C=O) groups is 1. The first-order valence-electron chi connectivity index (χ1n) is 8.26. The number of nitrogens with zero attached hydrogens (tertiary/aromatic N) is 1. The van der Waals surface area contributed by atoms with E-state index in [2.05, 4.69) is 22.0 Å². The predicted octanol–water partition coefficient (Wildman–Crippen LogP) is 4.27. The van der Waals surface area contributed by atoms with Crippen LogP contribution in [-0.4, -0.2) is 5.97 Å². The Morgan fingerprint density at radius 2 is 1.89 bits per heavy atom. The van der Waals surface area contributed by atoms with Crippen LogP contribution in [0.5, 0.6) is 0 Å². The molecule has 0 spiro atoms. The maximum Gasteiger partial charge on any atom is 0.338 e. The van der Waals surface area contributed by atoms with Gasteiger partial charge in [-0.1, -0.05) is 58.4 Å². The molecule has 0 saturated heterocycles. The van der Waals surface area contributed by atoms with Crippen LogP contribution in [0, 0.1) is 11.3 Å². The minimum atomic E-state index is -0.639. The molecule has 2 aromatic carbocycles. The van der Waals surface area contributed by atoms with Crippen molar-refractivity contribution in [3.63, 3.8) is 0 Å². The molecule has 1 heterocycles. The van der Waals surface area contributed by atoms with E-state index >= 15 is 0 Å². The Balaban J connectivity index is 1.94. The van der Waals surface area contributed by atoms with Crippen molar-refractivity contribution in [3.8, 4) is 6.07 Å². The molecule has 0 fully saturated rings. The van der Waals surface area contributed by atoms with Crippen LogP contribution in [0.15, 0.2) is 81.9 Å². The van der Waals surface area contributed by atoms with Crippen molar-refractivity contribution < 1.29 is 14.3 Å². The number of allylic oxidation sites excluding steroid dienone is 2. The Hall–Kier alpha value is -3.04. The molecule has 2 aromatic rings. The van der Waals surface area contributed by atoms with E-state index in [0.29, 0.717) is 5.76 Å². The molecule has 0 unspecified atom stereocenters. The number of hydrogen-bond acceptors (Lipinski definition) is 5. The predicted molar refractivity (Wildman–Crippen MR) is 104 cm³/mol. The number of hydrogen-bond donors (Lipinski definition) is 1. The first kappa shape index (κ1) is 18.7. The molecule has 1 aliphatic heterocycles. The molecule has 3 rings (SSSR count). The Morgan fingerprint density at radius 1 is 1.22 bits per heavy atom. The van der Waals surface area contributed by atoms with E-state index < -0.39 is 11.9 Å². The lowest BCUT2D eigenvalue weighted by molar-refractivity contribution is -0.140. The first-order valence-corrected chi connectivity index (χ1v) is 9.05. The van der Waals surface area contributed by atoms with E-state index in [0.717, 1.165) is 15.6 Å². The number of nitriles is 1. The molecule has 0 radical (unpaired) electrons. The third-order valence-electron chi connectivity index (χ3n) is 4.24. The molecule has 2 N–H and O–H groups in total. The fraction of sp³-hybridized carbons (Fsp3) is 0.143. The van der Waals surface area contributed by atoms with Gasteiger partial charge in [0, 0.05) is 4.47 Å². The van der Waals surface area contributed by atoms with Gasteiger partial charge in [0.2, 0.25) is 5.88 Å². The number of esters is 1. The van der Waals surface area contributed by atoms with Crippen LogP contribution >= 0.6 is 15.9 Å². The maximum atomic E-state index is 12.9. The third-order valence-corrected chi connectivity index (χ3v) is 4.77. The SMILES string of the molecule is CC1=C(C(=O)OCc2ccccc2)[C@H](c2ccc(Br)cc2)C(C#N)=C(N)O1. The van der Waals surface area contributed by atoms with Crippen LogP contribution in [0.4, 0.5) is 0 Å². The van der Waals surface area contributed by atoms with Crippen molar-refractivity contribution in [2.75, 3.05) is 0 Å². The average Bonchev–Trinajstić information content (AvgIpc) is 2.67. The fourth-order valence-corrected chi connectivity index (χ4v) is 3.20. The standard InChI is InChI=1S/C21H17BrN2O3/c1-13-18(21(25)26-12-14-5-3-2-4-6-14)19(17(11-23)20(24)27-13)15-7-9-16(22)10-8-15/h2-10,19H,12,24H2,1H3/t19-/m1/s1. The highest BCUT2D eigenvalue weighted by molar-refractivity contribution is 9.10. The maximum absolute atomic E-state index is 12.9. The third kappa shape index (κ3) is 4.04. The Kier molecular flexibility index (Phi) is 5.63. The molecule has 0 bridgehead atoms. The Bertz CT molecular complexity index is 957. The highest BCUT2D eigenvalue weighted by Gasteiger charge is 2.36. The van der Waals surface area contributed by atoms with Crippen molar-refractivity contribution in [2.45, 2.75) is 19.4 Å². The minimum absolute atomic E-state index is 0.00234. The minimum Gasteiger partial charge on any atom is -0.457 e. The summed E-state index contributed by atoms with van der Waals surface area (Å²) in [5.41, 5.74) is 8.00. The summed E-state index contributed by atoms with van der Waals surface area (Å²) >= 11 is 3.39. The molecule has 136 valence electrons. The van der Waals surface area contributed by atoms with Crippen molar-refractivity contribution in [3.05, 3.63) is 93.0 Å². The van der Waals surface area contributed by atoms with E-state index in [-0.39, 0.29) is 23.6 Å². The number of halogens is 1. The molecule has 1 aliphatic rings. The molecule has 0 aliphatic carbocycles. The van der Waals surface area contributed by atoms with Gasteiger partial charge in [-0.3, -0.25) is 0 Å². The van der Waals surface area contributed by atoms with Crippen molar-refractivity contribution in [1.82, 2.24) is 0 Å². The molecule has 0 saturated carbocycles. The van der Waals surface area contributed by atoms with Gasteiger partial charge in [0.05, 0.1) is 11.5 Å². The summed E-state index contributed by atoms with van der Waals surface area (Å²) in [6.45, 7) is 1.77. The van der Waals surface area contributed by atoms with Crippen LogP contribution in [0.1, 0.15) is 24.0 Å². The van der Waals surface area contributed by atoms with E-state index in [4.69, 9.17) is 15.2 Å². The molecular weight excluding hydrogens is 408 g/mol. The molecule has 27 heavy (non-hydrogen) atoms. The van der Waals surface area contributed by atoms with Crippen LogP contribution in [0.25, 0.3) is 0 Å². The van der Waals surface area contributed by atoms with Crippen molar-refractivity contribution in [2.24, 2.45) is 5.73 Å². The average molecular weight is 425 g/mol. The number of nitrogens with two attached hydrogens (primary N) is 1. The van der Waals surface area contributed by atoms with Gasteiger partial charge >= 0.3 is 5.97 Å². The van der Waals surface area contributed by atoms with Crippen LogP contribution in [-0.2, 0) is 20.9 Å². The molecule has 5 nitrogen and oxygen atoms in total. The first-order chi connectivity index (χ1) is 13.0. The van der Waals surface area contributed by atoms with E-state index in [1.165, 1.54) is 0 Å². The number of ether oxygens (including phenoxy) is 2. The highest BCUT2D eigenvalue weighted by Crippen LogP contribution is 2.39. The summed E-state index contributed by atoms with van der Waals surface area (Å²) in [6.07, 6.45) is 0. The lowest BCUT2D eigenvalue weighted by Crippen LogP contribution is -2.25. The quantitative estimate of drug-likeness (QED) is 0.740. The van der Waals surface area contributed by atoms with E-state index in [1.54, 1.807) is 6.92 Å². The van der Waals surface area contributed by atoms with Gasteiger partial charge in [0.1, 0.15) is 24.0 Å². The Morgan fingerprint density at radius 3 is 2.52 bits per heavy atom. The summed E-state index contributed by atoms with van der Waals surface area (Å²) in [7, 11) is 0. The summed E-state index contributed by atoms with van der Waals surface area (Å²) < 4.78 is 11.8. The van der Waals surface area contributed by atoms with E-state index in [1.807, 2.05) is 54.6 Å². The van der Waals surface area contributed by atoms with Gasteiger partial charge in [-0.05, 0) is 30.2 Å². The molecule has 0 aromatic heterocycles. The zero-order chi connectivity index (χ0) is 19.4. The van der Waals surface area contributed by atoms with Gasteiger partial charge in [0.15, 0.2) is 0 Å². The van der Waals surface area contributed by atoms with Gasteiger partial charge in [-0.2, -0.15) is 5.26 Å². The van der Waals surface area contributed by atoms with Gasteiger partial charge in [0.25, 0.3) is 0 Å². The molecule has 6 heteroatoms. The lowest BCUT2D eigenvalue weighted by Gasteiger charge is -2.27. The number of benzene rings is 2. The second-order valence-electron chi connectivity index (χ2n) is 6.01. The van der Waals surface area contributed by atoms with Crippen LogP contribution in [0.2, 0.25) is 0 Å². The summed E-state index contributed by atoms with van der Waals surface area (Å²) in [6, 6.07) is 18.8. The van der Waals surface area contributed by atoms with Gasteiger partial charge in [-0.25, -0.2) is 4.79 Å². The van der Waals surface area contributed by atoms with Crippen LogP contribution < -0.4 is 5.73 Å². The molecule has 0 amide bonds. The van der Waals surface area contributed by atoms with Gasteiger partial charge in [-0.15, -0.1) is 0 Å². The van der Waals surface area contributed by atoms with Gasteiger partial charge < -0.3 is 15.2 Å². The van der Waals surface area contributed by atoms with Crippen molar-refractivity contribution >= 4 is 21.9 Å². The molecule has 1 atom stereocenters. The largest absolute Gasteiger partial charge is 0.457 e. The smallest absolute Gasteiger partial charge is 0.338 e. The summed E-state index contributed by atoms with van der Waals surface area (Å²) in [5, 5.41) is 9.59. The Labute approximate surface area is 165 Å².